The molecule has 44 heavy (non-hydrogen) atoms. The van der Waals surface area contributed by atoms with Gasteiger partial charge in [-0.1, -0.05) is 5.21 Å². The second-order valence-corrected chi connectivity index (χ2v) is 14.4. The quantitative estimate of drug-likeness (QED) is 0.110. The number of hydrogen-bond acceptors (Lipinski definition) is 16. The predicted octanol–water partition coefficient (Wildman–Crippen LogP) is -0.859. The minimum absolute atomic E-state index is 0.0409. The maximum Gasteiger partial charge on any atom is 0.325 e. The maximum atomic E-state index is 15.2. The Morgan fingerprint density at radius 1 is 1.25 bits per heavy atom. The Bertz CT molecular complexity index is 1830. The molecule has 0 bridgehead atoms. The van der Waals surface area contributed by atoms with Crippen LogP contribution >= 0.6 is 13.9 Å². The average molecular weight is 695 g/mol. The summed E-state index contributed by atoms with van der Waals surface area (Å²) in [7, 11) is -2.47. The maximum absolute atomic E-state index is 15.2. The zero-order chi connectivity index (χ0) is 31.3. The summed E-state index contributed by atoms with van der Waals surface area (Å²) in [5, 5.41) is 18.8. The Morgan fingerprint density at radius 3 is 2.82 bits per heavy atom. The normalized spacial score (nSPS) is 29.4. The molecule has 24 heteroatoms. The van der Waals surface area contributed by atoms with Crippen LogP contribution in [0.4, 0.5) is 16.2 Å². The van der Waals surface area contributed by atoms with Crippen molar-refractivity contribution >= 4 is 71.4 Å². The summed E-state index contributed by atoms with van der Waals surface area (Å²) in [4.78, 5) is 47.1. The molecule has 0 amide bonds. The van der Waals surface area contributed by atoms with Crippen LogP contribution in [0.5, 0.6) is 0 Å². The molecule has 8 N–H and O–H groups in total. The number of fused-ring (bicyclic) bond motifs is 2. The lowest BCUT2D eigenvalue weighted by Gasteiger charge is -2.25. The van der Waals surface area contributed by atoms with Crippen molar-refractivity contribution in [3.63, 3.8) is 0 Å². The number of nitrogens with zero attached hydrogens (tertiary/aromatic N) is 7. The van der Waals surface area contributed by atoms with Gasteiger partial charge in [-0.2, -0.15) is 9.67 Å². The van der Waals surface area contributed by atoms with Gasteiger partial charge < -0.3 is 54.0 Å². The smallest absolute Gasteiger partial charge is 0.325 e. The number of aromatic amines is 1. The molecule has 3 unspecified atom stereocenters. The first-order valence-corrected chi connectivity index (χ1v) is 17.8. The van der Waals surface area contributed by atoms with Crippen LogP contribution in [0.3, 0.4) is 0 Å². The fraction of sp³-hybridized carbons (Fsp3) is 0.500. The van der Waals surface area contributed by atoms with Crippen molar-refractivity contribution in [3.8, 4) is 0 Å². The molecule has 0 saturated carbocycles. The molecule has 2 saturated heterocycles. The van der Waals surface area contributed by atoms with Crippen LogP contribution in [0.1, 0.15) is 18.9 Å². The fourth-order valence-electron chi connectivity index (χ4n) is 4.96. The fourth-order valence-corrected chi connectivity index (χ4v) is 6.93. The van der Waals surface area contributed by atoms with E-state index >= 15 is 4.39 Å². The molecule has 0 aliphatic carbocycles. The number of halogens is 1. The predicted molar refractivity (Wildman–Crippen MR) is 157 cm³/mol. The molecular formula is C20H25FN10O9P2S2. The van der Waals surface area contributed by atoms with Gasteiger partial charge in [0, 0.05) is 12.6 Å². The number of H-pyrrole nitrogens is 1. The van der Waals surface area contributed by atoms with Gasteiger partial charge in [0.2, 0.25) is 5.95 Å². The van der Waals surface area contributed by atoms with Crippen molar-refractivity contribution in [1.29, 1.82) is 0 Å². The van der Waals surface area contributed by atoms with Crippen molar-refractivity contribution in [2.24, 2.45) is 0 Å². The molecule has 0 radical (unpaired) electrons. The highest BCUT2D eigenvalue weighted by molar-refractivity contribution is 8.07. The highest BCUT2D eigenvalue weighted by Crippen LogP contribution is 2.50. The van der Waals surface area contributed by atoms with E-state index in [9.17, 15) is 19.7 Å². The Morgan fingerprint density at radius 2 is 2.05 bits per heavy atom. The van der Waals surface area contributed by atoms with Gasteiger partial charge in [-0.05, 0) is 29.7 Å². The molecule has 2 fully saturated rings. The molecule has 4 aromatic rings. The van der Waals surface area contributed by atoms with Gasteiger partial charge in [0.1, 0.15) is 36.1 Å². The van der Waals surface area contributed by atoms with Crippen LogP contribution in [0.25, 0.3) is 22.2 Å². The molecule has 19 nitrogen and oxygen atoms in total. The van der Waals surface area contributed by atoms with E-state index in [1.165, 1.54) is 17.1 Å². The van der Waals surface area contributed by atoms with Gasteiger partial charge in [-0.3, -0.25) is 9.78 Å². The van der Waals surface area contributed by atoms with Crippen LogP contribution in [0.15, 0.2) is 23.4 Å². The first kappa shape index (κ1) is 31.4. The van der Waals surface area contributed by atoms with Crippen LogP contribution in [0.2, 0.25) is 0 Å². The average Bonchev–Trinajstić information content (AvgIpc) is 3.73. The molecule has 9 atom stereocenters. The zero-order valence-corrected chi connectivity index (χ0v) is 25.6. The number of nitrogens with two attached hydrogens (primary N) is 2. The SMILES string of the molecule is Nc1nc2c(nnn2[C@@H]2O[C@H](CO[PH](O)=S)C[C@H]2OP(O)(=S)OCC2O[C@@H](n3ccc4c(N)ncnc43)[C@@H](F)[C@@H]2O)c(=O)[nH]1. The molecule has 0 aromatic carbocycles. The number of anilines is 2. The van der Waals surface area contributed by atoms with Gasteiger partial charge in [-0.15, -0.1) is 5.10 Å². The number of alkyl halides is 1. The molecule has 6 heterocycles. The van der Waals surface area contributed by atoms with Crippen molar-refractivity contribution in [1.82, 2.24) is 39.5 Å². The topological polar surface area (TPSA) is 266 Å². The summed E-state index contributed by atoms with van der Waals surface area (Å²) in [5.41, 5.74) is 11.0. The minimum atomic E-state index is -4.13. The van der Waals surface area contributed by atoms with E-state index < -0.39 is 69.1 Å². The molecule has 238 valence electrons. The summed E-state index contributed by atoms with van der Waals surface area (Å²) in [6.45, 7) is -4.81. The number of ether oxygens (including phenoxy) is 2. The summed E-state index contributed by atoms with van der Waals surface area (Å²) < 4.78 is 45.8. The number of nitrogens with one attached hydrogen (secondary N) is 1. The monoisotopic (exact) mass is 694 g/mol. The first-order chi connectivity index (χ1) is 20.9. The lowest BCUT2D eigenvalue weighted by Crippen LogP contribution is -2.31. The number of aliphatic hydroxyl groups is 1. The molecular weight excluding hydrogens is 669 g/mol. The number of aromatic nitrogens is 8. The van der Waals surface area contributed by atoms with E-state index in [0.29, 0.717) is 11.0 Å². The van der Waals surface area contributed by atoms with E-state index in [1.54, 1.807) is 6.07 Å². The Hall–Kier alpha value is -2.59. The van der Waals surface area contributed by atoms with Gasteiger partial charge in [0.05, 0.1) is 24.7 Å². The van der Waals surface area contributed by atoms with Gasteiger partial charge in [-0.25, -0.2) is 14.4 Å². The Kier molecular flexibility index (Phi) is 8.78. The van der Waals surface area contributed by atoms with E-state index in [-0.39, 0.29) is 36.0 Å². The van der Waals surface area contributed by atoms with Crippen molar-refractivity contribution in [3.05, 3.63) is 28.9 Å². The highest BCUT2D eigenvalue weighted by atomic mass is 32.5. The summed E-state index contributed by atoms with van der Waals surface area (Å²) in [6, 6.07) is 1.59. The van der Waals surface area contributed by atoms with Crippen molar-refractivity contribution < 1.29 is 42.3 Å². The van der Waals surface area contributed by atoms with Crippen LogP contribution in [0, 0.1) is 0 Å². The second kappa shape index (κ2) is 12.3. The zero-order valence-electron chi connectivity index (χ0n) is 22.1. The second-order valence-electron chi connectivity index (χ2n) is 9.75. The highest BCUT2D eigenvalue weighted by Gasteiger charge is 2.47. The van der Waals surface area contributed by atoms with Crippen LogP contribution < -0.4 is 17.0 Å². The largest absolute Gasteiger partial charge is 0.387 e. The van der Waals surface area contributed by atoms with Gasteiger partial charge in [0.25, 0.3) is 5.56 Å². The lowest BCUT2D eigenvalue weighted by molar-refractivity contribution is -0.0575. The number of nitrogen functional groups attached to an aromatic ring is 2. The first-order valence-electron chi connectivity index (χ1n) is 12.7. The van der Waals surface area contributed by atoms with Crippen molar-refractivity contribution in [2.45, 2.75) is 49.5 Å². The van der Waals surface area contributed by atoms with E-state index in [2.05, 4.69) is 30.2 Å². The summed E-state index contributed by atoms with van der Waals surface area (Å²) in [6.07, 6.45) is -6.29. The van der Waals surface area contributed by atoms with Crippen LogP contribution in [-0.2, 0) is 46.7 Å². The third-order valence-electron chi connectivity index (χ3n) is 6.91. The summed E-state index contributed by atoms with van der Waals surface area (Å²) in [5.74, 6) is -0.0189. The molecule has 6 rings (SSSR count). The Labute approximate surface area is 256 Å². The van der Waals surface area contributed by atoms with E-state index in [0.717, 1.165) is 4.68 Å². The number of hydrogen-bond donors (Lipinski definition) is 6. The number of rotatable bonds is 10. The van der Waals surface area contributed by atoms with Crippen LogP contribution in [-0.4, -0.2) is 98.2 Å². The van der Waals surface area contributed by atoms with E-state index in [4.69, 9.17) is 58.1 Å². The standard InChI is InChI=1S/C20H25FN10O9P2S2/c21-11-13(32)10(39-19(11)30-2-1-8-14(22)24-6-25-15(8)30)5-37-42(35,44)40-9-3-7(4-36-41(34)43)38-18(9)31-16-12(28-29-31)17(33)27-20(23)26-16/h1-2,6-7,9-11,13,18-19,32,41H,3-5H2,(H,34,43)(H,35,44)(H2,22,24,25)(H3,23,26,27,33)/t7-,9+,10?,11-,13+,18+,19+,42?/m0/s1. The van der Waals surface area contributed by atoms with Gasteiger partial charge >= 0.3 is 6.72 Å². The van der Waals surface area contributed by atoms with E-state index in [1.807, 2.05) is 0 Å². The molecule has 2 aliphatic heterocycles. The molecule has 4 aromatic heterocycles. The molecule has 2 aliphatic rings. The lowest BCUT2D eigenvalue weighted by atomic mass is 10.1. The number of aliphatic hydroxyl groups excluding tert-OH is 1. The minimum Gasteiger partial charge on any atom is -0.387 e. The third-order valence-corrected chi connectivity index (χ3v) is 9.26. The molecule has 0 spiro atoms. The Balaban J connectivity index is 1.17. The summed E-state index contributed by atoms with van der Waals surface area (Å²) >= 11 is 9.93. The van der Waals surface area contributed by atoms with Gasteiger partial charge in [0.15, 0.2) is 36.9 Å². The van der Waals surface area contributed by atoms with Crippen molar-refractivity contribution in [2.75, 3.05) is 24.7 Å². The third kappa shape index (κ3) is 6.13.